The monoisotopic (exact) mass is 186 g/mol. The molecule has 1 N–H and O–H groups in total. The zero-order valence-corrected chi connectivity index (χ0v) is 9.71. The van der Waals surface area contributed by atoms with Crippen molar-refractivity contribution in [2.75, 3.05) is 6.61 Å². The standard InChI is InChI=1S/C12H26O/c1-10(2)8-11(3)6-5-7-12(4)9-13/h10-13H,5-9H2,1-4H3. The third-order valence-electron chi connectivity index (χ3n) is 2.58. The van der Waals surface area contributed by atoms with E-state index in [-0.39, 0.29) is 0 Å². The number of rotatable bonds is 7. The first-order chi connectivity index (χ1) is 6.06. The number of aliphatic hydroxyl groups is 1. The average molecular weight is 186 g/mol. The second-order valence-corrected chi connectivity index (χ2v) is 4.95. The molecule has 0 heterocycles. The summed E-state index contributed by atoms with van der Waals surface area (Å²) in [4.78, 5) is 0. The molecule has 80 valence electrons. The van der Waals surface area contributed by atoms with E-state index < -0.39 is 0 Å². The lowest BCUT2D eigenvalue weighted by atomic mass is 9.92. The van der Waals surface area contributed by atoms with Crippen LogP contribution < -0.4 is 0 Å². The second-order valence-electron chi connectivity index (χ2n) is 4.95. The lowest BCUT2D eigenvalue weighted by molar-refractivity contribution is 0.224. The minimum Gasteiger partial charge on any atom is -0.396 e. The molecule has 2 unspecified atom stereocenters. The summed E-state index contributed by atoms with van der Waals surface area (Å²) in [6, 6.07) is 0. The van der Waals surface area contributed by atoms with Gasteiger partial charge < -0.3 is 5.11 Å². The van der Waals surface area contributed by atoms with E-state index in [9.17, 15) is 0 Å². The quantitative estimate of drug-likeness (QED) is 0.645. The van der Waals surface area contributed by atoms with E-state index in [4.69, 9.17) is 5.11 Å². The largest absolute Gasteiger partial charge is 0.396 e. The Morgan fingerprint density at radius 1 is 0.923 bits per heavy atom. The third-order valence-corrected chi connectivity index (χ3v) is 2.58. The van der Waals surface area contributed by atoms with E-state index in [2.05, 4.69) is 27.7 Å². The molecule has 13 heavy (non-hydrogen) atoms. The summed E-state index contributed by atoms with van der Waals surface area (Å²) in [7, 11) is 0. The Bertz CT molecular complexity index is 110. The van der Waals surface area contributed by atoms with Crippen molar-refractivity contribution in [3.8, 4) is 0 Å². The fourth-order valence-electron chi connectivity index (χ4n) is 1.83. The molecular weight excluding hydrogens is 160 g/mol. The smallest absolute Gasteiger partial charge is 0.0456 e. The van der Waals surface area contributed by atoms with Crippen LogP contribution in [0.5, 0.6) is 0 Å². The third kappa shape index (κ3) is 8.29. The molecule has 0 aliphatic rings. The van der Waals surface area contributed by atoms with Crippen molar-refractivity contribution in [3.05, 3.63) is 0 Å². The van der Waals surface area contributed by atoms with E-state index in [1.54, 1.807) is 0 Å². The van der Waals surface area contributed by atoms with E-state index >= 15 is 0 Å². The summed E-state index contributed by atoms with van der Waals surface area (Å²) in [5.74, 6) is 2.17. The van der Waals surface area contributed by atoms with Gasteiger partial charge in [-0.3, -0.25) is 0 Å². The van der Waals surface area contributed by atoms with Crippen LogP contribution in [0.4, 0.5) is 0 Å². The highest BCUT2D eigenvalue weighted by molar-refractivity contribution is 4.58. The maximum Gasteiger partial charge on any atom is 0.0456 e. The van der Waals surface area contributed by atoms with Crippen LogP contribution in [0.25, 0.3) is 0 Å². The fraction of sp³-hybridized carbons (Fsp3) is 1.00. The van der Waals surface area contributed by atoms with Crippen LogP contribution in [0.3, 0.4) is 0 Å². The molecule has 0 rings (SSSR count). The van der Waals surface area contributed by atoms with Gasteiger partial charge in [0.05, 0.1) is 0 Å². The summed E-state index contributed by atoms with van der Waals surface area (Å²) < 4.78 is 0. The van der Waals surface area contributed by atoms with Crippen LogP contribution in [0.2, 0.25) is 0 Å². The molecule has 0 radical (unpaired) electrons. The Morgan fingerprint density at radius 2 is 1.46 bits per heavy atom. The van der Waals surface area contributed by atoms with Gasteiger partial charge in [0, 0.05) is 6.61 Å². The highest BCUT2D eigenvalue weighted by atomic mass is 16.3. The van der Waals surface area contributed by atoms with Crippen molar-refractivity contribution in [3.63, 3.8) is 0 Å². The summed E-state index contributed by atoms with van der Waals surface area (Å²) in [5.41, 5.74) is 0. The second kappa shape index (κ2) is 7.37. The predicted octanol–water partition coefficient (Wildman–Crippen LogP) is 3.47. The van der Waals surface area contributed by atoms with Gasteiger partial charge in [0.25, 0.3) is 0 Å². The van der Waals surface area contributed by atoms with Gasteiger partial charge in [0.15, 0.2) is 0 Å². The molecule has 1 heteroatoms. The highest BCUT2D eigenvalue weighted by Crippen LogP contribution is 2.18. The Kier molecular flexibility index (Phi) is 7.35. The summed E-state index contributed by atoms with van der Waals surface area (Å²) in [6.45, 7) is 9.37. The van der Waals surface area contributed by atoms with Crippen molar-refractivity contribution < 1.29 is 5.11 Å². The molecule has 0 aromatic rings. The number of hydrogen-bond acceptors (Lipinski definition) is 1. The van der Waals surface area contributed by atoms with Gasteiger partial charge in [-0.15, -0.1) is 0 Å². The van der Waals surface area contributed by atoms with Gasteiger partial charge in [0.1, 0.15) is 0 Å². The molecule has 1 nitrogen and oxygen atoms in total. The number of hydrogen-bond donors (Lipinski definition) is 1. The maximum atomic E-state index is 8.85. The molecule has 0 aliphatic heterocycles. The molecule has 0 bridgehead atoms. The van der Waals surface area contributed by atoms with Crippen molar-refractivity contribution in [2.24, 2.45) is 17.8 Å². The van der Waals surface area contributed by atoms with Gasteiger partial charge in [-0.2, -0.15) is 0 Å². The van der Waals surface area contributed by atoms with Crippen LogP contribution in [-0.2, 0) is 0 Å². The van der Waals surface area contributed by atoms with Crippen molar-refractivity contribution in [2.45, 2.75) is 53.4 Å². The van der Waals surface area contributed by atoms with Crippen molar-refractivity contribution in [1.82, 2.24) is 0 Å². The lowest BCUT2D eigenvalue weighted by Crippen LogP contribution is -2.03. The van der Waals surface area contributed by atoms with E-state index in [0.717, 1.165) is 11.8 Å². The van der Waals surface area contributed by atoms with Crippen LogP contribution >= 0.6 is 0 Å². The minimum atomic E-state index is 0.346. The van der Waals surface area contributed by atoms with Crippen molar-refractivity contribution in [1.29, 1.82) is 0 Å². The predicted molar refractivity (Wildman–Crippen MR) is 58.7 cm³/mol. The van der Waals surface area contributed by atoms with E-state index in [1.165, 1.54) is 25.7 Å². The van der Waals surface area contributed by atoms with E-state index in [1.807, 2.05) is 0 Å². The minimum absolute atomic E-state index is 0.346. The molecule has 2 atom stereocenters. The lowest BCUT2D eigenvalue weighted by Gasteiger charge is -2.14. The first-order valence-electron chi connectivity index (χ1n) is 5.67. The van der Waals surface area contributed by atoms with Gasteiger partial charge >= 0.3 is 0 Å². The summed E-state index contributed by atoms with van der Waals surface area (Å²) in [6.07, 6.45) is 5.12. The van der Waals surface area contributed by atoms with Crippen molar-refractivity contribution >= 4 is 0 Å². The Hall–Kier alpha value is -0.0400. The SMILES string of the molecule is CC(C)CC(C)CCCC(C)CO. The van der Waals surface area contributed by atoms with Gasteiger partial charge in [0.2, 0.25) is 0 Å². The molecule has 0 saturated carbocycles. The van der Waals surface area contributed by atoms with Crippen LogP contribution in [-0.4, -0.2) is 11.7 Å². The molecule has 0 amide bonds. The molecule has 0 fully saturated rings. The molecular formula is C12H26O. The fourth-order valence-corrected chi connectivity index (χ4v) is 1.83. The Balaban J connectivity index is 3.31. The molecule has 0 aromatic carbocycles. The average Bonchev–Trinajstić information content (AvgIpc) is 2.02. The first-order valence-corrected chi connectivity index (χ1v) is 5.67. The van der Waals surface area contributed by atoms with Gasteiger partial charge in [-0.1, -0.05) is 40.5 Å². The molecule has 0 aromatic heterocycles. The zero-order valence-electron chi connectivity index (χ0n) is 9.71. The summed E-state index contributed by atoms with van der Waals surface area (Å²) >= 11 is 0. The Labute approximate surface area is 83.5 Å². The summed E-state index contributed by atoms with van der Waals surface area (Å²) in [5, 5.41) is 8.85. The normalized spacial score (nSPS) is 16.2. The molecule has 0 aliphatic carbocycles. The molecule has 0 saturated heterocycles. The first kappa shape index (κ1) is 13.0. The van der Waals surface area contributed by atoms with Crippen LogP contribution in [0, 0.1) is 17.8 Å². The molecule has 0 spiro atoms. The zero-order chi connectivity index (χ0) is 10.3. The number of aliphatic hydroxyl groups excluding tert-OH is 1. The van der Waals surface area contributed by atoms with Crippen LogP contribution in [0.15, 0.2) is 0 Å². The van der Waals surface area contributed by atoms with Gasteiger partial charge in [-0.25, -0.2) is 0 Å². The van der Waals surface area contributed by atoms with Crippen LogP contribution in [0.1, 0.15) is 53.4 Å². The van der Waals surface area contributed by atoms with E-state index in [0.29, 0.717) is 12.5 Å². The topological polar surface area (TPSA) is 20.2 Å². The van der Waals surface area contributed by atoms with Gasteiger partial charge in [-0.05, 0) is 30.6 Å². The Morgan fingerprint density at radius 3 is 1.92 bits per heavy atom. The highest BCUT2D eigenvalue weighted by Gasteiger charge is 2.06. The maximum absolute atomic E-state index is 8.85.